The molecular weight excluding hydrogens is 412 g/mol. The van der Waals surface area contributed by atoms with E-state index in [1.165, 1.54) is 6.07 Å². The highest BCUT2D eigenvalue weighted by atomic mass is 32.2. The Morgan fingerprint density at radius 3 is 2.00 bits per heavy atom. The van der Waals surface area contributed by atoms with E-state index in [-0.39, 0.29) is 27.7 Å². The van der Waals surface area contributed by atoms with E-state index in [1.54, 1.807) is 24.3 Å². The SMILES string of the molecule is Cc1ccc(S(=O)(=O)CC2(c3cc(O)c(-c4c(C)cc(C)cc4C)c(=O)o3)CC2)cc1. The first-order valence-electron chi connectivity index (χ1n) is 10.3. The van der Waals surface area contributed by atoms with Crippen LogP contribution in [-0.2, 0) is 15.3 Å². The molecule has 162 valence electrons. The maximum absolute atomic E-state index is 13.0. The van der Waals surface area contributed by atoms with E-state index >= 15 is 0 Å². The van der Waals surface area contributed by atoms with Gasteiger partial charge in [-0.15, -0.1) is 0 Å². The van der Waals surface area contributed by atoms with Crippen molar-refractivity contribution in [2.24, 2.45) is 0 Å². The molecule has 0 amide bonds. The van der Waals surface area contributed by atoms with Crippen molar-refractivity contribution in [2.45, 2.75) is 50.8 Å². The second-order valence-electron chi connectivity index (χ2n) is 8.78. The van der Waals surface area contributed by atoms with Gasteiger partial charge in [-0.05, 0) is 69.4 Å². The van der Waals surface area contributed by atoms with Crippen LogP contribution in [0.3, 0.4) is 0 Å². The third kappa shape index (κ3) is 3.92. The summed E-state index contributed by atoms with van der Waals surface area (Å²) in [6.07, 6.45) is 1.17. The van der Waals surface area contributed by atoms with Gasteiger partial charge in [0.05, 0.1) is 10.6 Å². The summed E-state index contributed by atoms with van der Waals surface area (Å²) in [6, 6.07) is 12.0. The fourth-order valence-corrected chi connectivity index (χ4v) is 6.23. The van der Waals surface area contributed by atoms with Gasteiger partial charge in [0, 0.05) is 11.5 Å². The lowest BCUT2D eigenvalue weighted by Crippen LogP contribution is -2.23. The van der Waals surface area contributed by atoms with Gasteiger partial charge in [0.1, 0.15) is 17.1 Å². The molecule has 0 radical (unpaired) electrons. The number of aromatic hydroxyl groups is 1. The molecule has 3 aromatic rings. The molecule has 1 aromatic heterocycles. The number of benzene rings is 2. The van der Waals surface area contributed by atoms with Crippen LogP contribution in [0.5, 0.6) is 5.75 Å². The van der Waals surface area contributed by atoms with Crippen molar-refractivity contribution in [1.82, 2.24) is 0 Å². The van der Waals surface area contributed by atoms with Crippen molar-refractivity contribution in [2.75, 3.05) is 5.75 Å². The van der Waals surface area contributed by atoms with Gasteiger partial charge in [0.2, 0.25) is 0 Å². The summed E-state index contributed by atoms with van der Waals surface area (Å²) >= 11 is 0. The molecule has 4 rings (SSSR count). The molecule has 1 heterocycles. The number of sulfone groups is 1. The van der Waals surface area contributed by atoms with Gasteiger partial charge in [0.15, 0.2) is 9.84 Å². The molecule has 1 fully saturated rings. The van der Waals surface area contributed by atoms with E-state index in [9.17, 15) is 18.3 Å². The smallest absolute Gasteiger partial charge is 0.347 e. The summed E-state index contributed by atoms with van der Waals surface area (Å²) in [5.74, 6) is -0.106. The average molecular weight is 439 g/mol. The van der Waals surface area contributed by atoms with Gasteiger partial charge in [-0.3, -0.25) is 0 Å². The minimum absolute atomic E-state index is 0.121. The average Bonchev–Trinajstić information content (AvgIpc) is 3.43. The van der Waals surface area contributed by atoms with Crippen molar-refractivity contribution in [3.8, 4) is 16.9 Å². The van der Waals surface area contributed by atoms with Crippen LogP contribution in [0.25, 0.3) is 11.1 Å². The second kappa shape index (κ2) is 7.38. The number of hydrogen-bond acceptors (Lipinski definition) is 5. The molecule has 0 bridgehead atoms. The van der Waals surface area contributed by atoms with Crippen molar-refractivity contribution in [3.05, 3.63) is 80.9 Å². The minimum Gasteiger partial charge on any atom is -0.507 e. The molecule has 0 spiro atoms. The maximum Gasteiger partial charge on any atom is 0.347 e. The lowest BCUT2D eigenvalue weighted by atomic mass is 9.93. The molecule has 1 saturated carbocycles. The minimum atomic E-state index is -3.57. The van der Waals surface area contributed by atoms with Crippen molar-refractivity contribution in [3.63, 3.8) is 0 Å². The molecule has 1 N–H and O–H groups in total. The Morgan fingerprint density at radius 2 is 1.48 bits per heavy atom. The van der Waals surface area contributed by atoms with Gasteiger partial charge in [0.25, 0.3) is 0 Å². The summed E-state index contributed by atoms with van der Waals surface area (Å²) in [5, 5.41) is 10.8. The Morgan fingerprint density at radius 1 is 0.903 bits per heavy atom. The van der Waals surface area contributed by atoms with E-state index < -0.39 is 20.9 Å². The zero-order valence-electron chi connectivity index (χ0n) is 18.2. The second-order valence-corrected chi connectivity index (χ2v) is 10.8. The first-order valence-corrected chi connectivity index (χ1v) is 11.9. The van der Waals surface area contributed by atoms with E-state index in [2.05, 4.69) is 0 Å². The summed E-state index contributed by atoms with van der Waals surface area (Å²) in [4.78, 5) is 13.2. The van der Waals surface area contributed by atoms with Crippen LogP contribution in [0.2, 0.25) is 0 Å². The molecule has 0 aliphatic heterocycles. The molecule has 0 unspecified atom stereocenters. The van der Waals surface area contributed by atoms with Crippen LogP contribution in [0.15, 0.2) is 56.6 Å². The molecule has 1 aliphatic rings. The van der Waals surface area contributed by atoms with Crippen LogP contribution in [0, 0.1) is 27.7 Å². The van der Waals surface area contributed by atoms with E-state index in [0.717, 1.165) is 22.3 Å². The first kappa shape index (κ1) is 21.4. The lowest BCUT2D eigenvalue weighted by molar-refractivity contribution is 0.402. The lowest BCUT2D eigenvalue weighted by Gasteiger charge is -2.17. The third-order valence-corrected chi connectivity index (χ3v) is 8.00. The van der Waals surface area contributed by atoms with Gasteiger partial charge in [-0.2, -0.15) is 0 Å². The molecular formula is C25H26O5S. The quantitative estimate of drug-likeness (QED) is 0.621. The molecule has 31 heavy (non-hydrogen) atoms. The zero-order chi connectivity index (χ0) is 22.6. The molecule has 5 nitrogen and oxygen atoms in total. The van der Waals surface area contributed by atoms with Gasteiger partial charge < -0.3 is 9.52 Å². The molecule has 2 aromatic carbocycles. The maximum atomic E-state index is 13.0. The first-order chi connectivity index (χ1) is 14.5. The highest BCUT2D eigenvalue weighted by Crippen LogP contribution is 2.51. The van der Waals surface area contributed by atoms with Crippen molar-refractivity contribution in [1.29, 1.82) is 0 Å². The van der Waals surface area contributed by atoms with Crippen LogP contribution in [0.1, 0.15) is 40.9 Å². The van der Waals surface area contributed by atoms with Crippen molar-refractivity contribution >= 4 is 9.84 Å². The topological polar surface area (TPSA) is 84.6 Å². The van der Waals surface area contributed by atoms with Crippen LogP contribution < -0.4 is 5.63 Å². The van der Waals surface area contributed by atoms with E-state index in [1.807, 2.05) is 39.8 Å². The Hall–Kier alpha value is -2.86. The predicted octanol–water partition coefficient (Wildman–Crippen LogP) is 4.75. The predicted molar refractivity (Wildman–Crippen MR) is 120 cm³/mol. The molecule has 6 heteroatoms. The third-order valence-electron chi connectivity index (χ3n) is 6.08. The Labute approximate surface area is 182 Å². The number of rotatable bonds is 5. The highest BCUT2D eigenvalue weighted by Gasteiger charge is 2.50. The standard InChI is InChI=1S/C25H26O5S/c1-15-5-7-19(8-6-15)31(28,29)14-25(9-10-25)21-13-20(26)23(24(27)30-21)22-17(3)11-16(2)12-18(22)4/h5-8,11-13,26H,9-10,14H2,1-4H3. The summed E-state index contributed by atoms with van der Waals surface area (Å²) < 4.78 is 31.6. The summed E-state index contributed by atoms with van der Waals surface area (Å²) in [7, 11) is -3.57. The van der Waals surface area contributed by atoms with Gasteiger partial charge in [-0.1, -0.05) is 35.4 Å². The summed E-state index contributed by atoms with van der Waals surface area (Å²) in [5.41, 5.74) is 3.13. The van der Waals surface area contributed by atoms with E-state index in [0.29, 0.717) is 18.4 Å². The fraction of sp³-hybridized carbons (Fsp3) is 0.320. The van der Waals surface area contributed by atoms with E-state index in [4.69, 9.17) is 4.42 Å². The number of hydrogen-bond donors (Lipinski definition) is 1. The van der Waals surface area contributed by atoms with Gasteiger partial charge in [-0.25, -0.2) is 13.2 Å². The molecule has 0 atom stereocenters. The highest BCUT2D eigenvalue weighted by molar-refractivity contribution is 7.91. The Bertz CT molecular complexity index is 1300. The monoisotopic (exact) mass is 438 g/mol. The van der Waals surface area contributed by atoms with Crippen molar-refractivity contribution < 1.29 is 17.9 Å². The fourth-order valence-electron chi connectivity index (χ4n) is 4.35. The van der Waals surface area contributed by atoms with Crippen LogP contribution >= 0.6 is 0 Å². The van der Waals surface area contributed by atoms with Gasteiger partial charge >= 0.3 is 5.63 Å². The Kier molecular flexibility index (Phi) is 5.09. The summed E-state index contributed by atoms with van der Waals surface area (Å²) in [6.45, 7) is 7.65. The largest absolute Gasteiger partial charge is 0.507 e. The Balaban J connectivity index is 1.74. The van der Waals surface area contributed by atoms with Crippen LogP contribution in [0.4, 0.5) is 0 Å². The normalized spacial score (nSPS) is 15.1. The zero-order valence-corrected chi connectivity index (χ0v) is 19.0. The molecule has 0 saturated heterocycles. The van der Waals surface area contributed by atoms with Crippen LogP contribution in [-0.4, -0.2) is 19.3 Å². The molecule has 1 aliphatic carbocycles. The number of aryl methyl sites for hydroxylation is 4.